The second kappa shape index (κ2) is 6.44. The lowest BCUT2D eigenvalue weighted by Gasteiger charge is -2.28. The molecule has 2 heterocycles. The Labute approximate surface area is 108 Å². The van der Waals surface area contributed by atoms with Crippen molar-refractivity contribution in [1.82, 2.24) is 20.1 Å². The van der Waals surface area contributed by atoms with Gasteiger partial charge in [0.25, 0.3) is 0 Å². The number of aromatic nitrogens is 1. The van der Waals surface area contributed by atoms with E-state index >= 15 is 0 Å². The molecule has 1 aliphatic heterocycles. The fourth-order valence-corrected chi connectivity index (χ4v) is 2.88. The molecule has 17 heavy (non-hydrogen) atoms. The molecule has 1 aromatic heterocycles. The standard InChI is InChI=1S/C12H22N4S/c1-11-10-17-12(14-11)9-15(2)7-8-16-5-3-13-4-6-16/h10,13H,3-9H2,1-2H3. The molecule has 1 fully saturated rings. The minimum atomic E-state index is 0.977. The number of aryl methyl sites for hydroxylation is 1. The van der Waals surface area contributed by atoms with Crippen molar-refractivity contribution in [2.45, 2.75) is 13.5 Å². The predicted octanol–water partition coefficient (Wildman–Crippen LogP) is 0.789. The van der Waals surface area contributed by atoms with E-state index in [-0.39, 0.29) is 0 Å². The number of piperazine rings is 1. The number of hydrogen-bond donors (Lipinski definition) is 1. The van der Waals surface area contributed by atoms with Gasteiger partial charge in [0, 0.05) is 50.3 Å². The molecule has 1 aliphatic rings. The van der Waals surface area contributed by atoms with Crippen LogP contribution in [0.4, 0.5) is 0 Å². The summed E-state index contributed by atoms with van der Waals surface area (Å²) in [5.41, 5.74) is 1.14. The topological polar surface area (TPSA) is 31.4 Å². The lowest BCUT2D eigenvalue weighted by molar-refractivity contribution is 0.202. The second-order valence-electron chi connectivity index (χ2n) is 4.71. The van der Waals surface area contributed by atoms with Crippen LogP contribution in [0.5, 0.6) is 0 Å². The summed E-state index contributed by atoms with van der Waals surface area (Å²) in [4.78, 5) is 9.39. The lowest BCUT2D eigenvalue weighted by Crippen LogP contribution is -2.45. The summed E-state index contributed by atoms with van der Waals surface area (Å²) < 4.78 is 0. The Balaban J connectivity index is 1.68. The lowest BCUT2D eigenvalue weighted by atomic mass is 10.3. The molecule has 0 radical (unpaired) electrons. The van der Waals surface area contributed by atoms with Gasteiger partial charge in [-0.15, -0.1) is 11.3 Å². The maximum atomic E-state index is 4.50. The second-order valence-corrected chi connectivity index (χ2v) is 5.65. The van der Waals surface area contributed by atoms with Gasteiger partial charge in [-0.1, -0.05) is 0 Å². The first-order valence-corrected chi connectivity index (χ1v) is 7.14. The third kappa shape index (κ3) is 4.35. The third-order valence-electron chi connectivity index (χ3n) is 3.08. The van der Waals surface area contributed by atoms with Gasteiger partial charge in [0.1, 0.15) is 5.01 Å². The minimum Gasteiger partial charge on any atom is -0.314 e. The van der Waals surface area contributed by atoms with E-state index in [4.69, 9.17) is 0 Å². The number of likely N-dealkylation sites (N-methyl/N-ethyl adjacent to an activating group) is 1. The number of hydrogen-bond acceptors (Lipinski definition) is 5. The molecule has 0 saturated carbocycles. The van der Waals surface area contributed by atoms with Crippen molar-refractivity contribution in [1.29, 1.82) is 0 Å². The van der Waals surface area contributed by atoms with Crippen LogP contribution in [0.2, 0.25) is 0 Å². The average Bonchev–Trinajstić information content (AvgIpc) is 2.73. The molecule has 0 amide bonds. The highest BCUT2D eigenvalue weighted by molar-refractivity contribution is 7.09. The summed E-state index contributed by atoms with van der Waals surface area (Å²) in [6, 6.07) is 0. The Morgan fingerprint density at radius 1 is 1.47 bits per heavy atom. The zero-order chi connectivity index (χ0) is 12.1. The summed E-state index contributed by atoms with van der Waals surface area (Å²) in [6.45, 7) is 9.96. The van der Waals surface area contributed by atoms with Crippen molar-refractivity contribution < 1.29 is 0 Å². The normalized spacial score (nSPS) is 17.8. The largest absolute Gasteiger partial charge is 0.314 e. The van der Waals surface area contributed by atoms with Crippen molar-refractivity contribution in [3.05, 3.63) is 16.1 Å². The summed E-state index contributed by atoms with van der Waals surface area (Å²) in [6.07, 6.45) is 0. The van der Waals surface area contributed by atoms with Gasteiger partial charge in [-0.2, -0.15) is 0 Å². The molecular formula is C12H22N4S. The molecule has 1 N–H and O–H groups in total. The van der Waals surface area contributed by atoms with Crippen LogP contribution < -0.4 is 5.32 Å². The van der Waals surface area contributed by atoms with Gasteiger partial charge in [-0.3, -0.25) is 9.80 Å². The predicted molar refractivity (Wildman–Crippen MR) is 72.5 cm³/mol. The van der Waals surface area contributed by atoms with Crippen LogP contribution in [0, 0.1) is 6.92 Å². The molecule has 0 unspecified atom stereocenters. The quantitative estimate of drug-likeness (QED) is 0.842. The first-order valence-electron chi connectivity index (χ1n) is 6.26. The van der Waals surface area contributed by atoms with Crippen molar-refractivity contribution in [3.8, 4) is 0 Å². The average molecular weight is 254 g/mol. The Morgan fingerprint density at radius 3 is 2.88 bits per heavy atom. The van der Waals surface area contributed by atoms with Crippen molar-refractivity contribution in [2.24, 2.45) is 0 Å². The van der Waals surface area contributed by atoms with E-state index in [1.807, 2.05) is 0 Å². The zero-order valence-electron chi connectivity index (χ0n) is 10.8. The van der Waals surface area contributed by atoms with E-state index < -0.39 is 0 Å². The molecule has 4 nitrogen and oxygen atoms in total. The molecule has 96 valence electrons. The molecule has 0 aliphatic carbocycles. The molecule has 0 spiro atoms. The first kappa shape index (κ1) is 13.0. The zero-order valence-corrected chi connectivity index (χ0v) is 11.6. The minimum absolute atomic E-state index is 0.977. The smallest absolute Gasteiger partial charge is 0.107 e. The van der Waals surface area contributed by atoms with Crippen molar-refractivity contribution in [2.75, 3.05) is 46.3 Å². The molecule has 2 rings (SSSR count). The number of rotatable bonds is 5. The van der Waals surface area contributed by atoms with E-state index in [0.717, 1.165) is 31.9 Å². The van der Waals surface area contributed by atoms with Crippen LogP contribution >= 0.6 is 11.3 Å². The molecular weight excluding hydrogens is 232 g/mol. The highest BCUT2D eigenvalue weighted by Gasteiger charge is 2.10. The van der Waals surface area contributed by atoms with Gasteiger partial charge in [-0.05, 0) is 14.0 Å². The van der Waals surface area contributed by atoms with Crippen LogP contribution in [0.15, 0.2) is 5.38 Å². The van der Waals surface area contributed by atoms with E-state index in [2.05, 4.69) is 39.5 Å². The first-order chi connectivity index (χ1) is 8.24. The highest BCUT2D eigenvalue weighted by atomic mass is 32.1. The van der Waals surface area contributed by atoms with Crippen LogP contribution in [0.3, 0.4) is 0 Å². The third-order valence-corrected chi connectivity index (χ3v) is 4.03. The number of thiazole rings is 1. The van der Waals surface area contributed by atoms with Crippen LogP contribution in [0.1, 0.15) is 10.7 Å². The van der Waals surface area contributed by atoms with Crippen LogP contribution in [0.25, 0.3) is 0 Å². The fraction of sp³-hybridized carbons (Fsp3) is 0.750. The van der Waals surface area contributed by atoms with Crippen molar-refractivity contribution in [3.63, 3.8) is 0 Å². The Morgan fingerprint density at radius 2 is 2.24 bits per heavy atom. The maximum absolute atomic E-state index is 4.50. The molecule has 0 bridgehead atoms. The molecule has 5 heteroatoms. The van der Waals surface area contributed by atoms with Gasteiger partial charge >= 0.3 is 0 Å². The summed E-state index contributed by atoms with van der Waals surface area (Å²) in [5.74, 6) is 0. The van der Waals surface area contributed by atoms with Crippen LogP contribution in [-0.2, 0) is 6.54 Å². The number of nitrogens with zero attached hydrogens (tertiary/aromatic N) is 3. The van der Waals surface area contributed by atoms with Gasteiger partial charge in [-0.25, -0.2) is 4.98 Å². The summed E-state index contributed by atoms with van der Waals surface area (Å²) in [5, 5.41) is 6.73. The SMILES string of the molecule is Cc1csc(CN(C)CCN2CCNCC2)n1. The van der Waals surface area contributed by atoms with Gasteiger partial charge in [0.2, 0.25) is 0 Å². The molecule has 1 aromatic rings. The van der Waals surface area contributed by atoms with E-state index in [9.17, 15) is 0 Å². The van der Waals surface area contributed by atoms with Gasteiger partial charge in [0.05, 0.1) is 6.54 Å². The Hall–Kier alpha value is -0.490. The summed E-state index contributed by atoms with van der Waals surface area (Å²) in [7, 11) is 2.18. The van der Waals surface area contributed by atoms with E-state index in [0.29, 0.717) is 0 Å². The molecule has 1 saturated heterocycles. The number of nitrogens with one attached hydrogen (secondary N) is 1. The van der Waals surface area contributed by atoms with Gasteiger partial charge < -0.3 is 5.32 Å². The van der Waals surface area contributed by atoms with E-state index in [1.54, 1.807) is 11.3 Å². The molecule has 0 atom stereocenters. The fourth-order valence-electron chi connectivity index (χ4n) is 2.03. The summed E-state index contributed by atoms with van der Waals surface area (Å²) >= 11 is 1.76. The molecule has 0 aromatic carbocycles. The van der Waals surface area contributed by atoms with Crippen LogP contribution in [-0.4, -0.2) is 61.1 Å². The maximum Gasteiger partial charge on any atom is 0.107 e. The Bertz CT molecular complexity index is 333. The van der Waals surface area contributed by atoms with E-state index in [1.165, 1.54) is 24.6 Å². The van der Waals surface area contributed by atoms with Gasteiger partial charge in [0.15, 0.2) is 0 Å². The van der Waals surface area contributed by atoms with Crippen molar-refractivity contribution >= 4 is 11.3 Å². The highest BCUT2D eigenvalue weighted by Crippen LogP contribution is 2.10. The monoisotopic (exact) mass is 254 g/mol. The Kier molecular flexibility index (Phi) is 4.91.